The molecular formula is C24H32O6. The fraction of sp³-hybridized carbons (Fsp3) is 0.458. The van der Waals surface area contributed by atoms with Crippen LogP contribution in [0.25, 0.3) is 0 Å². The standard InChI is InChI=1S/C24H32O6/c1-6-10-16(2)13-14-18(4)23(27)22-19(25)15-20(30-24(22)28)17(3)11-8-7-9-12-21(26)29-5/h7,9,13-15,17,25H,6,8,10-12H2,1-5H3/b9-7+,16-13-,18-14+. The van der Waals surface area contributed by atoms with Gasteiger partial charge in [-0.15, -0.1) is 0 Å². The van der Waals surface area contributed by atoms with Crippen molar-refractivity contribution in [2.45, 2.75) is 65.7 Å². The summed E-state index contributed by atoms with van der Waals surface area (Å²) in [4.78, 5) is 36.0. The van der Waals surface area contributed by atoms with Gasteiger partial charge in [-0.25, -0.2) is 4.79 Å². The van der Waals surface area contributed by atoms with Crippen molar-refractivity contribution in [3.8, 4) is 5.75 Å². The van der Waals surface area contributed by atoms with Gasteiger partial charge >= 0.3 is 11.6 Å². The van der Waals surface area contributed by atoms with Gasteiger partial charge in [-0.3, -0.25) is 9.59 Å². The van der Waals surface area contributed by atoms with Crippen LogP contribution in [-0.2, 0) is 9.53 Å². The number of carbonyl (C=O) groups excluding carboxylic acids is 2. The third-order valence-electron chi connectivity index (χ3n) is 4.73. The molecule has 0 aromatic carbocycles. The molecule has 0 aliphatic heterocycles. The third kappa shape index (κ3) is 7.85. The van der Waals surface area contributed by atoms with Crippen molar-refractivity contribution in [3.63, 3.8) is 0 Å². The fourth-order valence-electron chi connectivity index (χ4n) is 2.84. The van der Waals surface area contributed by atoms with Gasteiger partial charge in [0.05, 0.1) is 13.5 Å². The molecule has 6 nitrogen and oxygen atoms in total. The van der Waals surface area contributed by atoms with Crippen molar-refractivity contribution in [2.24, 2.45) is 0 Å². The first-order valence-electron chi connectivity index (χ1n) is 10.2. The van der Waals surface area contributed by atoms with Crippen LogP contribution in [0.1, 0.15) is 81.8 Å². The maximum atomic E-state index is 12.6. The van der Waals surface area contributed by atoms with Crippen LogP contribution in [0, 0.1) is 0 Å². The number of esters is 1. The zero-order chi connectivity index (χ0) is 22.7. The molecule has 0 amide bonds. The summed E-state index contributed by atoms with van der Waals surface area (Å²) in [6.45, 7) is 7.52. The lowest BCUT2D eigenvalue weighted by atomic mass is 9.99. The number of aromatic hydroxyl groups is 1. The van der Waals surface area contributed by atoms with Gasteiger partial charge in [0.2, 0.25) is 0 Å². The number of carbonyl (C=O) groups is 2. The van der Waals surface area contributed by atoms with E-state index >= 15 is 0 Å². The number of methoxy groups -OCH3 is 1. The number of hydrogen-bond donors (Lipinski definition) is 1. The first-order valence-corrected chi connectivity index (χ1v) is 10.2. The van der Waals surface area contributed by atoms with Crippen LogP contribution in [0.3, 0.4) is 0 Å². The molecule has 30 heavy (non-hydrogen) atoms. The van der Waals surface area contributed by atoms with Gasteiger partial charge in [0.1, 0.15) is 17.1 Å². The summed E-state index contributed by atoms with van der Waals surface area (Å²) in [5.74, 6) is -1.06. The summed E-state index contributed by atoms with van der Waals surface area (Å²) < 4.78 is 9.88. The van der Waals surface area contributed by atoms with E-state index in [2.05, 4.69) is 11.7 Å². The van der Waals surface area contributed by atoms with E-state index in [1.165, 1.54) is 13.2 Å². The third-order valence-corrected chi connectivity index (χ3v) is 4.73. The van der Waals surface area contributed by atoms with E-state index in [0.29, 0.717) is 24.2 Å². The molecule has 1 rings (SSSR count). The van der Waals surface area contributed by atoms with Gasteiger partial charge in [-0.05, 0) is 38.7 Å². The maximum absolute atomic E-state index is 12.6. The van der Waals surface area contributed by atoms with Crippen LogP contribution in [0.2, 0.25) is 0 Å². The Kier molecular flexibility index (Phi) is 10.6. The van der Waals surface area contributed by atoms with E-state index in [9.17, 15) is 19.5 Å². The highest BCUT2D eigenvalue weighted by atomic mass is 16.5. The number of Topliss-reactive ketones (excluding diaryl/α,β-unsaturated/α-hetero) is 1. The molecule has 0 aliphatic rings. The van der Waals surface area contributed by atoms with Crippen molar-refractivity contribution < 1.29 is 23.8 Å². The smallest absolute Gasteiger partial charge is 0.351 e. The Morgan fingerprint density at radius 1 is 1.23 bits per heavy atom. The molecule has 1 atom stereocenters. The summed E-state index contributed by atoms with van der Waals surface area (Å²) >= 11 is 0. The molecule has 0 saturated carbocycles. The minimum absolute atomic E-state index is 0.146. The molecule has 1 aromatic rings. The molecule has 0 saturated heterocycles. The van der Waals surface area contributed by atoms with Crippen LogP contribution in [0.4, 0.5) is 0 Å². The molecular weight excluding hydrogens is 384 g/mol. The van der Waals surface area contributed by atoms with Crippen molar-refractivity contribution in [3.05, 3.63) is 63.3 Å². The summed E-state index contributed by atoms with van der Waals surface area (Å²) in [6, 6.07) is 1.34. The first kappa shape index (κ1) is 25.1. The van der Waals surface area contributed by atoms with Gasteiger partial charge in [0.15, 0.2) is 5.78 Å². The highest BCUT2D eigenvalue weighted by Crippen LogP contribution is 2.26. The molecule has 1 N–H and O–H groups in total. The van der Waals surface area contributed by atoms with E-state index in [1.807, 2.05) is 26.0 Å². The van der Waals surface area contributed by atoms with Crippen LogP contribution in [0.15, 0.2) is 50.7 Å². The van der Waals surface area contributed by atoms with Gasteiger partial charge in [-0.1, -0.05) is 50.1 Å². The van der Waals surface area contributed by atoms with Crippen LogP contribution in [0.5, 0.6) is 5.75 Å². The average Bonchev–Trinajstić information content (AvgIpc) is 2.70. The molecule has 0 aliphatic carbocycles. The molecule has 1 aromatic heterocycles. The van der Waals surface area contributed by atoms with Gasteiger partial charge in [0, 0.05) is 12.0 Å². The quantitative estimate of drug-likeness (QED) is 0.175. The van der Waals surface area contributed by atoms with Crippen molar-refractivity contribution in [1.82, 2.24) is 0 Å². The second kappa shape index (κ2) is 12.6. The zero-order valence-electron chi connectivity index (χ0n) is 18.5. The Bertz CT molecular complexity index is 885. The monoisotopic (exact) mass is 416 g/mol. The van der Waals surface area contributed by atoms with E-state index in [0.717, 1.165) is 18.4 Å². The Labute approximate surface area is 177 Å². The summed E-state index contributed by atoms with van der Waals surface area (Å²) in [5, 5.41) is 10.3. The lowest BCUT2D eigenvalue weighted by Crippen LogP contribution is -2.16. The SMILES string of the molecule is CCC/C(C)=C\C=C(/C)C(=O)c1c(O)cc(C(C)CC/C=C/CC(=O)OC)oc1=O. The number of ketones is 1. The minimum atomic E-state index is -0.843. The van der Waals surface area contributed by atoms with Gasteiger partial charge in [-0.2, -0.15) is 0 Å². The number of allylic oxidation sites excluding steroid dienone is 5. The van der Waals surface area contributed by atoms with Crippen molar-refractivity contribution in [1.29, 1.82) is 0 Å². The molecule has 1 heterocycles. The van der Waals surface area contributed by atoms with Gasteiger partial charge < -0.3 is 14.3 Å². The number of rotatable bonds is 11. The summed E-state index contributed by atoms with van der Waals surface area (Å²) in [7, 11) is 1.34. The predicted molar refractivity (Wildman–Crippen MR) is 117 cm³/mol. The van der Waals surface area contributed by atoms with Crippen LogP contribution in [-0.4, -0.2) is 24.0 Å². The van der Waals surface area contributed by atoms with Crippen LogP contribution < -0.4 is 5.63 Å². The molecule has 164 valence electrons. The lowest BCUT2D eigenvalue weighted by molar-refractivity contribution is -0.139. The fourth-order valence-corrected chi connectivity index (χ4v) is 2.84. The average molecular weight is 417 g/mol. The Morgan fingerprint density at radius 2 is 1.93 bits per heavy atom. The topological polar surface area (TPSA) is 93.8 Å². The highest BCUT2D eigenvalue weighted by molar-refractivity contribution is 6.09. The molecule has 0 spiro atoms. The molecule has 1 unspecified atom stereocenters. The Hall–Kier alpha value is -2.89. The molecule has 0 bridgehead atoms. The number of ether oxygens (including phenoxy) is 1. The van der Waals surface area contributed by atoms with E-state index in [1.54, 1.807) is 19.1 Å². The first-order chi connectivity index (χ1) is 14.2. The normalized spacial score (nSPS) is 13.5. The predicted octanol–water partition coefficient (Wildman–Crippen LogP) is 5.22. The number of hydrogen-bond acceptors (Lipinski definition) is 6. The maximum Gasteiger partial charge on any atom is 0.351 e. The Morgan fingerprint density at radius 3 is 2.53 bits per heavy atom. The molecule has 6 heteroatoms. The van der Waals surface area contributed by atoms with Crippen LogP contribution >= 0.6 is 0 Å². The summed E-state index contributed by atoms with van der Waals surface area (Å²) in [5.41, 5.74) is 0.291. The molecule has 0 radical (unpaired) electrons. The summed E-state index contributed by atoms with van der Waals surface area (Å²) in [6.07, 6.45) is 10.5. The van der Waals surface area contributed by atoms with Gasteiger partial charge in [0.25, 0.3) is 0 Å². The van der Waals surface area contributed by atoms with E-state index in [4.69, 9.17) is 4.42 Å². The second-order valence-electron chi connectivity index (χ2n) is 7.37. The van der Waals surface area contributed by atoms with E-state index in [-0.39, 0.29) is 29.6 Å². The van der Waals surface area contributed by atoms with Crippen molar-refractivity contribution >= 4 is 11.8 Å². The van der Waals surface area contributed by atoms with Crippen molar-refractivity contribution in [2.75, 3.05) is 7.11 Å². The second-order valence-corrected chi connectivity index (χ2v) is 7.37. The Balaban J connectivity index is 2.89. The highest BCUT2D eigenvalue weighted by Gasteiger charge is 2.21. The zero-order valence-corrected chi connectivity index (χ0v) is 18.5. The largest absolute Gasteiger partial charge is 0.507 e. The minimum Gasteiger partial charge on any atom is -0.507 e. The van der Waals surface area contributed by atoms with E-state index < -0.39 is 11.4 Å². The lowest BCUT2D eigenvalue weighted by Gasteiger charge is -2.11. The molecule has 0 fully saturated rings.